The van der Waals surface area contributed by atoms with Crippen molar-refractivity contribution in [2.75, 3.05) is 18.0 Å². The molecule has 4 nitrogen and oxygen atoms in total. The lowest BCUT2D eigenvalue weighted by Crippen LogP contribution is -2.46. The molecular formula is C15H16F3N3O. The molecule has 3 rings (SSSR count). The Balaban J connectivity index is 2.10. The minimum absolute atomic E-state index is 0.139. The summed E-state index contributed by atoms with van der Waals surface area (Å²) < 4.78 is 40.6. The van der Waals surface area contributed by atoms with Crippen LogP contribution in [0.3, 0.4) is 0 Å². The van der Waals surface area contributed by atoms with Gasteiger partial charge in [0.05, 0.1) is 29.3 Å². The van der Waals surface area contributed by atoms with Crippen LogP contribution in [-0.2, 0) is 11.0 Å². The highest BCUT2D eigenvalue weighted by molar-refractivity contribution is 5.87. The highest BCUT2D eigenvalue weighted by atomic mass is 19.4. The van der Waals surface area contributed by atoms with Gasteiger partial charge in [0.25, 0.3) is 0 Å². The van der Waals surface area contributed by atoms with Gasteiger partial charge in [-0.25, -0.2) is 4.98 Å². The first kappa shape index (κ1) is 14.9. The second-order valence-corrected chi connectivity index (χ2v) is 6.28. The number of hydrogen-bond donors (Lipinski definition) is 0. The van der Waals surface area contributed by atoms with E-state index in [0.717, 1.165) is 12.3 Å². The fourth-order valence-electron chi connectivity index (χ4n) is 2.85. The summed E-state index contributed by atoms with van der Waals surface area (Å²) in [5.74, 6) is 0.139. The molecule has 118 valence electrons. The smallest absolute Gasteiger partial charge is 0.368 e. The Labute approximate surface area is 125 Å². The molecule has 0 unspecified atom stereocenters. The second kappa shape index (κ2) is 4.72. The molecule has 7 heteroatoms. The van der Waals surface area contributed by atoms with Gasteiger partial charge >= 0.3 is 6.18 Å². The number of nitrogens with zero attached hydrogens (tertiary/aromatic N) is 3. The van der Waals surface area contributed by atoms with Crippen LogP contribution in [0.2, 0.25) is 0 Å². The molecule has 0 saturated carbocycles. The number of Topliss-reactive ketones (excluding diaryl/α,β-unsaturated/α-hetero) is 1. The molecule has 0 radical (unpaired) electrons. The van der Waals surface area contributed by atoms with Crippen molar-refractivity contribution >= 4 is 17.0 Å². The normalized spacial score (nSPS) is 19.0. The molecule has 1 aliphatic rings. The molecule has 0 atom stereocenters. The number of halogens is 3. The monoisotopic (exact) mass is 311 g/mol. The highest BCUT2D eigenvalue weighted by Crippen LogP contribution is 2.36. The Morgan fingerprint density at radius 2 is 2.05 bits per heavy atom. The maximum Gasteiger partial charge on any atom is 0.417 e. The van der Waals surface area contributed by atoms with Gasteiger partial charge in [0, 0.05) is 31.1 Å². The molecule has 2 aromatic rings. The summed E-state index contributed by atoms with van der Waals surface area (Å²) in [6, 6.07) is 1.14. The van der Waals surface area contributed by atoms with E-state index in [1.165, 1.54) is 10.7 Å². The van der Waals surface area contributed by atoms with Crippen LogP contribution < -0.4 is 4.90 Å². The SMILES string of the molecule is CC1(C)CN(c2cc(C(F)(F)F)cn3cncc23)CCC1=O. The van der Waals surface area contributed by atoms with E-state index in [-0.39, 0.29) is 5.78 Å². The van der Waals surface area contributed by atoms with Gasteiger partial charge in [-0.15, -0.1) is 0 Å². The molecule has 1 aliphatic heterocycles. The van der Waals surface area contributed by atoms with Gasteiger partial charge in [-0.05, 0) is 6.07 Å². The van der Waals surface area contributed by atoms with Crippen molar-refractivity contribution in [3.8, 4) is 0 Å². The number of carbonyl (C=O) groups is 1. The number of rotatable bonds is 1. The lowest BCUT2D eigenvalue weighted by Gasteiger charge is -2.38. The van der Waals surface area contributed by atoms with Crippen LogP contribution in [0.25, 0.3) is 5.52 Å². The molecule has 0 N–H and O–H groups in total. The summed E-state index contributed by atoms with van der Waals surface area (Å²) in [5.41, 5.74) is -0.211. The molecule has 0 bridgehead atoms. The van der Waals surface area contributed by atoms with Crippen LogP contribution in [0.1, 0.15) is 25.8 Å². The van der Waals surface area contributed by atoms with Gasteiger partial charge in [-0.3, -0.25) is 4.79 Å². The molecule has 1 saturated heterocycles. The maximum atomic E-state index is 13.1. The average molecular weight is 311 g/mol. The van der Waals surface area contributed by atoms with Gasteiger partial charge < -0.3 is 9.30 Å². The van der Waals surface area contributed by atoms with Crippen molar-refractivity contribution in [3.05, 3.63) is 30.4 Å². The fraction of sp³-hybridized carbons (Fsp3) is 0.467. The Morgan fingerprint density at radius 1 is 1.32 bits per heavy atom. The minimum atomic E-state index is -4.42. The van der Waals surface area contributed by atoms with Crippen LogP contribution in [0, 0.1) is 5.41 Å². The summed E-state index contributed by atoms with van der Waals surface area (Å²) in [6.45, 7) is 4.46. The Morgan fingerprint density at radius 3 is 2.68 bits per heavy atom. The molecule has 0 amide bonds. The zero-order valence-electron chi connectivity index (χ0n) is 12.3. The van der Waals surface area contributed by atoms with Crippen molar-refractivity contribution in [2.24, 2.45) is 5.41 Å². The fourth-order valence-corrected chi connectivity index (χ4v) is 2.85. The predicted octanol–water partition coefficient (Wildman–Crippen LogP) is 3.16. The summed E-state index contributed by atoms with van der Waals surface area (Å²) >= 11 is 0. The van der Waals surface area contributed by atoms with Crippen molar-refractivity contribution in [3.63, 3.8) is 0 Å². The second-order valence-electron chi connectivity index (χ2n) is 6.28. The van der Waals surface area contributed by atoms with Gasteiger partial charge in [0.1, 0.15) is 5.78 Å². The number of hydrogen-bond acceptors (Lipinski definition) is 3. The van der Waals surface area contributed by atoms with Crippen molar-refractivity contribution in [1.29, 1.82) is 0 Å². The van der Waals surface area contributed by atoms with Crippen molar-refractivity contribution < 1.29 is 18.0 Å². The standard InChI is InChI=1S/C15H16F3N3O/c1-14(2)8-20(4-3-13(14)22)11-5-10(15(16,17)18)7-21-9-19-6-12(11)21/h5-7,9H,3-4,8H2,1-2H3. The molecule has 1 fully saturated rings. The molecule has 2 aromatic heterocycles. The first-order chi connectivity index (χ1) is 10.2. The van der Waals surface area contributed by atoms with Crippen LogP contribution in [0.4, 0.5) is 18.9 Å². The number of anilines is 1. The average Bonchev–Trinajstić information content (AvgIpc) is 2.88. The molecule has 22 heavy (non-hydrogen) atoms. The van der Waals surface area contributed by atoms with E-state index in [9.17, 15) is 18.0 Å². The summed E-state index contributed by atoms with van der Waals surface area (Å²) in [7, 11) is 0. The van der Waals surface area contributed by atoms with Gasteiger partial charge in [-0.1, -0.05) is 13.8 Å². The third kappa shape index (κ3) is 2.44. The zero-order chi connectivity index (χ0) is 16.1. The van der Waals surface area contributed by atoms with E-state index in [1.54, 1.807) is 6.20 Å². The quantitative estimate of drug-likeness (QED) is 0.812. The van der Waals surface area contributed by atoms with Gasteiger partial charge in [-0.2, -0.15) is 13.2 Å². The van der Waals surface area contributed by atoms with Crippen LogP contribution in [0.5, 0.6) is 0 Å². The molecular weight excluding hydrogens is 295 g/mol. The Bertz CT molecular complexity index is 733. The van der Waals surface area contributed by atoms with E-state index in [1.807, 2.05) is 18.7 Å². The van der Waals surface area contributed by atoms with Gasteiger partial charge in [0.2, 0.25) is 0 Å². The van der Waals surface area contributed by atoms with Crippen LogP contribution >= 0.6 is 0 Å². The Kier molecular flexibility index (Phi) is 3.19. The summed E-state index contributed by atoms with van der Waals surface area (Å²) in [5, 5.41) is 0. The van der Waals surface area contributed by atoms with E-state index in [0.29, 0.717) is 30.7 Å². The number of aromatic nitrogens is 2. The predicted molar refractivity (Wildman–Crippen MR) is 75.8 cm³/mol. The molecule has 3 heterocycles. The van der Waals surface area contributed by atoms with E-state index < -0.39 is 17.2 Å². The number of alkyl halides is 3. The lowest BCUT2D eigenvalue weighted by atomic mass is 9.82. The van der Waals surface area contributed by atoms with Crippen molar-refractivity contribution in [1.82, 2.24) is 9.38 Å². The minimum Gasteiger partial charge on any atom is -0.368 e. The third-order valence-electron chi connectivity index (χ3n) is 4.12. The third-order valence-corrected chi connectivity index (χ3v) is 4.12. The van der Waals surface area contributed by atoms with E-state index in [2.05, 4.69) is 4.98 Å². The first-order valence-corrected chi connectivity index (χ1v) is 7.00. The molecule has 0 spiro atoms. The molecule has 0 aromatic carbocycles. The van der Waals surface area contributed by atoms with Crippen LogP contribution in [0.15, 0.2) is 24.8 Å². The number of fused-ring (bicyclic) bond motifs is 1. The van der Waals surface area contributed by atoms with Gasteiger partial charge in [0.15, 0.2) is 0 Å². The largest absolute Gasteiger partial charge is 0.417 e. The van der Waals surface area contributed by atoms with Crippen LogP contribution in [-0.4, -0.2) is 28.3 Å². The summed E-state index contributed by atoms with van der Waals surface area (Å²) in [4.78, 5) is 17.7. The van der Waals surface area contributed by atoms with E-state index >= 15 is 0 Å². The first-order valence-electron chi connectivity index (χ1n) is 7.00. The zero-order valence-corrected chi connectivity index (χ0v) is 12.3. The highest BCUT2D eigenvalue weighted by Gasteiger charge is 2.37. The number of carbonyl (C=O) groups excluding carboxylic acids is 1. The number of pyridine rings is 1. The van der Waals surface area contributed by atoms with Crippen molar-refractivity contribution in [2.45, 2.75) is 26.4 Å². The Hall–Kier alpha value is -2.05. The molecule has 0 aliphatic carbocycles. The summed E-state index contributed by atoms with van der Waals surface area (Å²) in [6.07, 6.45) is -0.156. The topological polar surface area (TPSA) is 37.6 Å². The maximum absolute atomic E-state index is 13.1. The number of imidazole rings is 1. The number of piperidine rings is 1. The number of ketones is 1. The lowest BCUT2D eigenvalue weighted by molar-refractivity contribution is -0.138. The van der Waals surface area contributed by atoms with E-state index in [4.69, 9.17) is 0 Å².